The molecule has 146 valence electrons. The SMILES string of the molecule is NC1[C@@H]2C[C@H]1CN(Cc1cccc3c1C(=O)N(C1CCC(=O)NC1=O)C3=O)C2. The molecule has 6 rings (SSSR count). The van der Waals surface area contributed by atoms with E-state index in [1.54, 1.807) is 12.1 Å². The second-order valence-corrected chi connectivity index (χ2v) is 8.31. The zero-order valence-corrected chi connectivity index (χ0v) is 15.4. The maximum Gasteiger partial charge on any atom is 0.262 e. The Morgan fingerprint density at radius 3 is 2.50 bits per heavy atom. The van der Waals surface area contributed by atoms with Crippen LogP contribution < -0.4 is 11.1 Å². The van der Waals surface area contributed by atoms with E-state index in [4.69, 9.17) is 5.73 Å². The number of carbonyl (C=O) groups excluding carboxylic acids is 4. The molecule has 0 radical (unpaired) electrons. The topological polar surface area (TPSA) is 113 Å². The van der Waals surface area contributed by atoms with Gasteiger partial charge in [0.05, 0.1) is 11.1 Å². The summed E-state index contributed by atoms with van der Waals surface area (Å²) in [5.74, 6) is -0.845. The average molecular weight is 382 g/mol. The van der Waals surface area contributed by atoms with E-state index in [2.05, 4.69) is 10.2 Å². The molecule has 2 unspecified atom stereocenters. The second-order valence-electron chi connectivity index (χ2n) is 8.31. The average Bonchev–Trinajstić information content (AvgIpc) is 2.93. The van der Waals surface area contributed by atoms with Crippen molar-refractivity contribution in [2.24, 2.45) is 17.6 Å². The molecular formula is C20H22N4O4. The van der Waals surface area contributed by atoms with E-state index in [0.717, 1.165) is 23.6 Å². The summed E-state index contributed by atoms with van der Waals surface area (Å²) in [7, 11) is 0. The van der Waals surface area contributed by atoms with Gasteiger partial charge in [-0.1, -0.05) is 12.1 Å². The molecular weight excluding hydrogens is 360 g/mol. The Labute approximate surface area is 162 Å². The Kier molecular flexibility index (Phi) is 3.89. The van der Waals surface area contributed by atoms with Crippen molar-refractivity contribution < 1.29 is 19.2 Å². The first-order chi connectivity index (χ1) is 13.4. The van der Waals surface area contributed by atoms with Crippen molar-refractivity contribution in [3.63, 3.8) is 0 Å². The number of nitrogens with two attached hydrogens (primary N) is 1. The fourth-order valence-corrected chi connectivity index (χ4v) is 5.11. The normalized spacial score (nSPS) is 32.2. The van der Waals surface area contributed by atoms with Crippen LogP contribution in [0.2, 0.25) is 0 Å². The molecule has 4 fully saturated rings. The molecule has 4 aliphatic heterocycles. The van der Waals surface area contributed by atoms with E-state index in [0.29, 0.717) is 29.5 Å². The lowest BCUT2D eigenvalue weighted by Crippen LogP contribution is -2.61. The molecule has 4 amide bonds. The lowest BCUT2D eigenvalue weighted by molar-refractivity contribution is -0.136. The van der Waals surface area contributed by atoms with Gasteiger partial charge in [-0.3, -0.25) is 34.3 Å². The number of carbonyl (C=O) groups is 4. The molecule has 4 heterocycles. The van der Waals surface area contributed by atoms with E-state index in [-0.39, 0.29) is 24.8 Å². The van der Waals surface area contributed by atoms with Gasteiger partial charge in [0.2, 0.25) is 11.8 Å². The van der Waals surface area contributed by atoms with Crippen LogP contribution in [0.15, 0.2) is 18.2 Å². The quantitative estimate of drug-likeness (QED) is 0.704. The molecule has 8 nitrogen and oxygen atoms in total. The van der Waals surface area contributed by atoms with Gasteiger partial charge in [-0.05, 0) is 36.3 Å². The van der Waals surface area contributed by atoms with E-state index in [1.165, 1.54) is 6.42 Å². The molecule has 1 aromatic rings. The minimum absolute atomic E-state index is 0.119. The van der Waals surface area contributed by atoms with Crippen LogP contribution in [-0.2, 0) is 16.1 Å². The molecule has 1 aliphatic carbocycles. The number of hydrogen-bond donors (Lipinski definition) is 2. The summed E-state index contributed by atoms with van der Waals surface area (Å²) in [6.07, 6.45) is 1.46. The maximum atomic E-state index is 13.1. The third kappa shape index (κ3) is 2.51. The first-order valence-electron chi connectivity index (χ1n) is 9.75. The van der Waals surface area contributed by atoms with Gasteiger partial charge in [-0.25, -0.2) is 0 Å². The van der Waals surface area contributed by atoms with Crippen LogP contribution >= 0.6 is 0 Å². The van der Waals surface area contributed by atoms with Gasteiger partial charge in [-0.2, -0.15) is 0 Å². The largest absolute Gasteiger partial charge is 0.327 e. The van der Waals surface area contributed by atoms with Gasteiger partial charge in [0.1, 0.15) is 6.04 Å². The summed E-state index contributed by atoms with van der Waals surface area (Å²) in [5.41, 5.74) is 7.68. The Morgan fingerprint density at radius 2 is 1.82 bits per heavy atom. The van der Waals surface area contributed by atoms with E-state index in [9.17, 15) is 19.2 Å². The lowest BCUT2D eigenvalue weighted by atomic mass is 9.66. The van der Waals surface area contributed by atoms with Crippen LogP contribution in [0.25, 0.3) is 0 Å². The minimum atomic E-state index is -0.932. The van der Waals surface area contributed by atoms with Crippen molar-refractivity contribution in [1.29, 1.82) is 0 Å². The molecule has 2 bridgehead atoms. The van der Waals surface area contributed by atoms with Crippen LogP contribution in [0.3, 0.4) is 0 Å². The second kappa shape index (κ2) is 6.22. The summed E-state index contributed by atoms with van der Waals surface area (Å²) in [6.45, 7) is 2.39. The Hall–Kier alpha value is -2.58. The van der Waals surface area contributed by atoms with E-state index >= 15 is 0 Å². The van der Waals surface area contributed by atoms with Gasteiger partial charge in [0.25, 0.3) is 11.8 Å². The Morgan fingerprint density at radius 1 is 1.07 bits per heavy atom. The molecule has 0 spiro atoms. The summed E-state index contributed by atoms with van der Waals surface area (Å²) in [4.78, 5) is 53.0. The van der Waals surface area contributed by atoms with Gasteiger partial charge < -0.3 is 5.73 Å². The number of nitrogens with one attached hydrogen (secondary N) is 1. The van der Waals surface area contributed by atoms with E-state index < -0.39 is 23.8 Å². The highest BCUT2D eigenvalue weighted by Gasteiger charge is 2.47. The highest BCUT2D eigenvalue weighted by atomic mass is 16.2. The van der Waals surface area contributed by atoms with Gasteiger partial charge in [-0.15, -0.1) is 0 Å². The number of benzene rings is 1. The zero-order valence-electron chi connectivity index (χ0n) is 15.4. The zero-order chi connectivity index (χ0) is 19.6. The Bertz CT molecular complexity index is 901. The van der Waals surface area contributed by atoms with Crippen molar-refractivity contribution >= 4 is 23.6 Å². The van der Waals surface area contributed by atoms with Crippen molar-refractivity contribution in [2.75, 3.05) is 13.1 Å². The lowest BCUT2D eigenvalue weighted by Gasteiger charge is -2.52. The molecule has 8 heteroatoms. The van der Waals surface area contributed by atoms with Crippen molar-refractivity contribution in [3.8, 4) is 0 Å². The molecule has 0 aromatic heterocycles. The molecule has 1 saturated carbocycles. The number of amides is 4. The number of hydrogen-bond acceptors (Lipinski definition) is 6. The van der Waals surface area contributed by atoms with Crippen LogP contribution in [-0.4, -0.2) is 58.6 Å². The van der Waals surface area contributed by atoms with Crippen LogP contribution in [0, 0.1) is 11.8 Å². The van der Waals surface area contributed by atoms with Crippen LogP contribution in [0.1, 0.15) is 45.5 Å². The van der Waals surface area contributed by atoms with Gasteiger partial charge in [0, 0.05) is 32.1 Å². The predicted octanol–water partition coefficient (Wildman–Crippen LogP) is -0.133. The smallest absolute Gasteiger partial charge is 0.262 e. The number of piperidine rings is 3. The molecule has 3 N–H and O–H groups in total. The number of fused-ring (bicyclic) bond motifs is 3. The molecule has 1 aromatic carbocycles. The third-order valence-electron chi connectivity index (χ3n) is 6.63. The van der Waals surface area contributed by atoms with Crippen molar-refractivity contribution in [1.82, 2.24) is 15.1 Å². The number of imide groups is 2. The summed E-state index contributed by atoms with van der Waals surface area (Å²) < 4.78 is 0. The standard InChI is InChI=1S/C20H22N4O4/c21-17-11-6-12(17)9-23(8-11)7-10-2-1-3-13-16(10)20(28)24(19(13)27)14-4-5-15(25)22-18(14)26/h1-3,11-12,14,17H,4-9,21H2,(H,22,25,26)/t11-,12+,14?,17?. The molecule has 5 aliphatic rings. The molecule has 4 atom stereocenters. The van der Waals surface area contributed by atoms with E-state index in [1.807, 2.05) is 6.07 Å². The third-order valence-corrected chi connectivity index (χ3v) is 6.63. The highest BCUT2D eigenvalue weighted by molar-refractivity contribution is 6.24. The molecule has 3 saturated heterocycles. The van der Waals surface area contributed by atoms with Crippen molar-refractivity contribution in [3.05, 3.63) is 34.9 Å². The fraction of sp³-hybridized carbons (Fsp3) is 0.500. The van der Waals surface area contributed by atoms with Gasteiger partial charge >= 0.3 is 0 Å². The van der Waals surface area contributed by atoms with Crippen molar-refractivity contribution in [2.45, 2.75) is 37.9 Å². The fourth-order valence-electron chi connectivity index (χ4n) is 5.11. The predicted molar refractivity (Wildman–Crippen MR) is 98.0 cm³/mol. The first kappa shape index (κ1) is 17.5. The number of nitrogens with zero attached hydrogens (tertiary/aromatic N) is 2. The highest BCUT2D eigenvalue weighted by Crippen LogP contribution is 2.39. The van der Waals surface area contributed by atoms with Crippen LogP contribution in [0.4, 0.5) is 0 Å². The van der Waals surface area contributed by atoms with Gasteiger partial charge in [0.15, 0.2) is 0 Å². The minimum Gasteiger partial charge on any atom is -0.327 e. The maximum absolute atomic E-state index is 13.1. The number of rotatable bonds is 3. The molecule has 28 heavy (non-hydrogen) atoms. The van der Waals surface area contributed by atoms with Crippen LogP contribution in [0.5, 0.6) is 0 Å². The summed E-state index contributed by atoms with van der Waals surface area (Å²) >= 11 is 0. The summed E-state index contributed by atoms with van der Waals surface area (Å²) in [6, 6.07) is 4.64. The monoisotopic (exact) mass is 382 g/mol. The first-order valence-corrected chi connectivity index (χ1v) is 9.75. The summed E-state index contributed by atoms with van der Waals surface area (Å²) in [5, 5.41) is 2.22. The Balaban J connectivity index is 1.41.